The molecule has 1 heterocycles. The zero-order chi connectivity index (χ0) is 22.6. The van der Waals surface area contributed by atoms with Crippen molar-refractivity contribution in [2.75, 3.05) is 0 Å². The normalized spacial score (nSPS) is 19.6. The number of hydrogen-bond donors (Lipinski definition) is 0. The van der Waals surface area contributed by atoms with Crippen LogP contribution in [0.5, 0.6) is 0 Å². The Bertz CT molecular complexity index is 1210. The van der Waals surface area contributed by atoms with Crippen molar-refractivity contribution in [2.45, 2.75) is 18.1 Å². The Kier molecular flexibility index (Phi) is 6.34. The molecule has 0 bridgehead atoms. The van der Waals surface area contributed by atoms with E-state index in [0.29, 0.717) is 0 Å². The van der Waals surface area contributed by atoms with Crippen LogP contribution in [0.1, 0.15) is 34.3 Å². The van der Waals surface area contributed by atoms with E-state index >= 15 is 0 Å². The molecular weight excluding hydrogens is 470 g/mol. The molecule has 1 aliphatic rings. The number of benzene rings is 4. The van der Waals surface area contributed by atoms with Gasteiger partial charge in [-0.05, 0) is 34.4 Å². The van der Waals surface area contributed by atoms with Gasteiger partial charge in [0.05, 0.1) is 18.1 Å². The molecule has 0 N–H and O–H groups in total. The summed E-state index contributed by atoms with van der Waals surface area (Å²) in [6, 6.07) is 38.9. The van der Waals surface area contributed by atoms with Crippen molar-refractivity contribution < 1.29 is 4.79 Å². The Morgan fingerprint density at radius 2 is 1.24 bits per heavy atom. The fourth-order valence-corrected chi connectivity index (χ4v) is 5.09. The number of carbonyl (C=O) groups is 1. The molecule has 0 aliphatic carbocycles. The number of carbonyl (C=O) groups excluding carboxylic acids is 1. The lowest BCUT2D eigenvalue weighted by molar-refractivity contribution is -0.114. The third-order valence-corrected chi connectivity index (χ3v) is 6.86. The van der Waals surface area contributed by atoms with Crippen molar-refractivity contribution in [3.8, 4) is 0 Å². The van der Waals surface area contributed by atoms with E-state index in [2.05, 4.69) is 75.4 Å². The van der Waals surface area contributed by atoms with Gasteiger partial charge in [-0.3, -0.25) is 9.69 Å². The Hall–Kier alpha value is -3.27. The van der Waals surface area contributed by atoms with Gasteiger partial charge in [0, 0.05) is 4.47 Å². The van der Waals surface area contributed by atoms with Gasteiger partial charge in [-0.1, -0.05) is 131 Å². The highest BCUT2D eigenvalue weighted by molar-refractivity contribution is 9.10. The maximum absolute atomic E-state index is 13.5. The Morgan fingerprint density at radius 3 is 1.82 bits per heavy atom. The summed E-state index contributed by atoms with van der Waals surface area (Å²) in [7, 11) is 0. The molecule has 1 fully saturated rings. The molecule has 3 atom stereocenters. The molecule has 4 aromatic rings. The standard InChI is InChI=1S/C30H24BrNO/c31-26-19-11-10-18-25(26)29-30(27(33)21-20-22-12-4-1-5-13-22)32(29)28(23-14-6-2-7-15-23)24-16-8-3-9-17-24/h1-21,28-30H/b21-20+. The quantitative estimate of drug-likeness (QED) is 0.199. The van der Waals surface area contributed by atoms with Gasteiger partial charge in [0.1, 0.15) is 0 Å². The van der Waals surface area contributed by atoms with E-state index in [4.69, 9.17) is 0 Å². The zero-order valence-electron chi connectivity index (χ0n) is 18.1. The molecule has 0 amide bonds. The molecule has 5 rings (SSSR count). The molecule has 0 radical (unpaired) electrons. The predicted octanol–water partition coefficient (Wildman–Crippen LogP) is 7.25. The summed E-state index contributed by atoms with van der Waals surface area (Å²) < 4.78 is 1.03. The van der Waals surface area contributed by atoms with Crippen molar-refractivity contribution in [3.05, 3.63) is 148 Å². The van der Waals surface area contributed by atoms with Crippen LogP contribution in [-0.2, 0) is 4.79 Å². The molecule has 162 valence electrons. The van der Waals surface area contributed by atoms with Crippen LogP contribution in [0.4, 0.5) is 0 Å². The van der Waals surface area contributed by atoms with E-state index in [1.54, 1.807) is 6.08 Å². The molecule has 0 spiro atoms. The molecule has 1 saturated heterocycles. The van der Waals surface area contributed by atoms with Crippen molar-refractivity contribution in [2.24, 2.45) is 0 Å². The molecule has 33 heavy (non-hydrogen) atoms. The largest absolute Gasteiger partial charge is 0.293 e. The van der Waals surface area contributed by atoms with E-state index in [9.17, 15) is 4.79 Å². The minimum absolute atomic E-state index is 0.00101. The second-order valence-electron chi connectivity index (χ2n) is 8.23. The van der Waals surface area contributed by atoms with Gasteiger partial charge in [-0.25, -0.2) is 0 Å². The topological polar surface area (TPSA) is 20.1 Å². The first-order chi connectivity index (χ1) is 16.2. The van der Waals surface area contributed by atoms with Gasteiger partial charge in [-0.15, -0.1) is 0 Å². The van der Waals surface area contributed by atoms with Crippen LogP contribution in [0.25, 0.3) is 6.08 Å². The van der Waals surface area contributed by atoms with E-state index < -0.39 is 0 Å². The maximum atomic E-state index is 13.5. The lowest BCUT2D eigenvalue weighted by Crippen LogP contribution is -2.17. The van der Waals surface area contributed by atoms with Crippen molar-refractivity contribution in [1.29, 1.82) is 0 Å². The molecule has 4 aromatic carbocycles. The third-order valence-electron chi connectivity index (χ3n) is 6.14. The van der Waals surface area contributed by atoms with Crippen LogP contribution in [0.2, 0.25) is 0 Å². The average molecular weight is 494 g/mol. The highest BCUT2D eigenvalue weighted by Gasteiger charge is 2.56. The summed E-state index contributed by atoms with van der Waals surface area (Å²) >= 11 is 3.72. The van der Waals surface area contributed by atoms with Crippen molar-refractivity contribution in [3.63, 3.8) is 0 Å². The van der Waals surface area contributed by atoms with E-state index in [1.165, 1.54) is 11.1 Å². The fourth-order valence-electron chi connectivity index (χ4n) is 4.57. The van der Waals surface area contributed by atoms with Crippen LogP contribution in [0, 0.1) is 0 Å². The summed E-state index contributed by atoms with van der Waals surface area (Å²) in [5.41, 5.74) is 4.53. The van der Waals surface area contributed by atoms with E-state index in [0.717, 1.165) is 15.6 Å². The predicted molar refractivity (Wildman–Crippen MR) is 138 cm³/mol. The van der Waals surface area contributed by atoms with Crippen molar-refractivity contribution >= 4 is 27.8 Å². The molecule has 1 aliphatic heterocycles. The number of halogens is 1. The minimum Gasteiger partial charge on any atom is -0.293 e. The summed E-state index contributed by atoms with van der Waals surface area (Å²) in [4.78, 5) is 15.8. The van der Waals surface area contributed by atoms with E-state index in [-0.39, 0.29) is 23.9 Å². The van der Waals surface area contributed by atoms with Crippen LogP contribution in [-0.4, -0.2) is 16.7 Å². The number of nitrogens with zero attached hydrogens (tertiary/aromatic N) is 1. The second-order valence-corrected chi connectivity index (χ2v) is 9.08. The first-order valence-corrected chi connectivity index (χ1v) is 11.9. The second kappa shape index (κ2) is 9.70. The van der Waals surface area contributed by atoms with Gasteiger partial charge in [0.25, 0.3) is 0 Å². The van der Waals surface area contributed by atoms with Gasteiger partial charge in [-0.2, -0.15) is 0 Å². The Balaban J connectivity index is 1.55. The zero-order valence-corrected chi connectivity index (χ0v) is 19.7. The minimum atomic E-state index is -0.228. The Labute approximate surface area is 203 Å². The first kappa shape index (κ1) is 21.6. The summed E-state index contributed by atoms with van der Waals surface area (Å²) in [6.07, 6.45) is 3.65. The highest BCUT2D eigenvalue weighted by atomic mass is 79.9. The SMILES string of the molecule is O=C(/C=C/c1ccccc1)C1C(c2ccccc2Br)N1C(c1ccccc1)c1ccccc1. The number of rotatable bonds is 7. The first-order valence-electron chi connectivity index (χ1n) is 11.1. The van der Waals surface area contributed by atoms with Crippen LogP contribution < -0.4 is 0 Å². The fraction of sp³-hybridized carbons (Fsp3) is 0.100. The lowest BCUT2D eigenvalue weighted by atomic mass is 9.98. The monoisotopic (exact) mass is 493 g/mol. The number of ketones is 1. The average Bonchev–Trinajstić information content (AvgIpc) is 3.59. The highest BCUT2D eigenvalue weighted by Crippen LogP contribution is 2.53. The van der Waals surface area contributed by atoms with Crippen LogP contribution >= 0.6 is 15.9 Å². The summed E-state index contributed by atoms with van der Waals surface area (Å²) in [6.45, 7) is 0. The maximum Gasteiger partial charge on any atom is 0.174 e. The molecule has 0 saturated carbocycles. The molecular formula is C30H24BrNO. The van der Waals surface area contributed by atoms with Gasteiger partial charge < -0.3 is 0 Å². The van der Waals surface area contributed by atoms with Crippen LogP contribution in [0.3, 0.4) is 0 Å². The molecule has 3 heteroatoms. The molecule has 3 unspecified atom stereocenters. The lowest BCUT2D eigenvalue weighted by Gasteiger charge is -2.21. The van der Waals surface area contributed by atoms with Gasteiger partial charge >= 0.3 is 0 Å². The summed E-state index contributed by atoms with van der Waals surface area (Å²) in [5.74, 6) is 0.122. The summed E-state index contributed by atoms with van der Waals surface area (Å²) in [5, 5.41) is 0. The van der Waals surface area contributed by atoms with Crippen molar-refractivity contribution in [1.82, 2.24) is 4.90 Å². The molecule has 2 nitrogen and oxygen atoms in total. The number of hydrogen-bond acceptors (Lipinski definition) is 2. The van der Waals surface area contributed by atoms with Gasteiger partial charge in [0.15, 0.2) is 5.78 Å². The van der Waals surface area contributed by atoms with Crippen LogP contribution in [0.15, 0.2) is 126 Å². The smallest absolute Gasteiger partial charge is 0.174 e. The third kappa shape index (κ3) is 4.61. The Morgan fingerprint density at radius 1 is 0.727 bits per heavy atom. The molecule has 0 aromatic heterocycles. The van der Waals surface area contributed by atoms with Gasteiger partial charge in [0.2, 0.25) is 0 Å². The van der Waals surface area contributed by atoms with E-state index in [1.807, 2.05) is 66.7 Å².